The van der Waals surface area contributed by atoms with Gasteiger partial charge in [-0.1, -0.05) is 24.4 Å². The van der Waals surface area contributed by atoms with E-state index >= 15 is 0 Å². The molecule has 1 aliphatic carbocycles. The van der Waals surface area contributed by atoms with Gasteiger partial charge in [0.25, 0.3) is 23.4 Å². The molecule has 0 aromatic heterocycles. The molecule has 2 aromatic carbocycles. The monoisotopic (exact) mass is 531 g/mol. The van der Waals surface area contributed by atoms with Crippen LogP contribution in [0.2, 0.25) is 5.02 Å². The summed E-state index contributed by atoms with van der Waals surface area (Å²) in [4.78, 5) is 64.8. The molecule has 2 aromatic rings. The van der Waals surface area contributed by atoms with Gasteiger partial charge in [-0.05, 0) is 55.7 Å². The number of hydrogen-bond acceptors (Lipinski definition) is 6. The van der Waals surface area contributed by atoms with E-state index < -0.39 is 46.3 Å². The maximum absolute atomic E-state index is 13.8. The molecule has 3 atom stereocenters. The number of fused-ring (bicyclic) bond motifs is 1. The molecule has 0 radical (unpaired) electrons. The highest BCUT2D eigenvalue weighted by molar-refractivity contribution is 6.30. The first-order valence-electron chi connectivity index (χ1n) is 11.6. The van der Waals surface area contributed by atoms with Crippen LogP contribution in [0.4, 0.5) is 5.69 Å². The summed E-state index contributed by atoms with van der Waals surface area (Å²) < 4.78 is 0. The third-order valence-electron chi connectivity index (χ3n) is 6.68. The molecule has 4 rings (SSSR count). The van der Waals surface area contributed by atoms with Crippen molar-refractivity contribution in [3.05, 3.63) is 74.8 Å². The summed E-state index contributed by atoms with van der Waals surface area (Å²) >= 11 is 12.0. The van der Waals surface area contributed by atoms with Gasteiger partial charge in [-0.2, -0.15) is 5.01 Å². The smallest absolute Gasteiger partial charge is 0.273 e. The van der Waals surface area contributed by atoms with Crippen LogP contribution < -0.4 is 0 Å². The number of nitro benzene ring substituents is 1. The number of rotatable bonds is 8. The Morgan fingerprint density at radius 1 is 0.972 bits per heavy atom. The van der Waals surface area contributed by atoms with E-state index in [1.807, 2.05) is 0 Å². The van der Waals surface area contributed by atoms with Crippen molar-refractivity contribution in [1.29, 1.82) is 0 Å². The number of carbonyl (C=O) groups is 4. The molecular weight excluding hydrogens is 509 g/mol. The first-order chi connectivity index (χ1) is 17.2. The van der Waals surface area contributed by atoms with Gasteiger partial charge in [0.1, 0.15) is 6.04 Å². The van der Waals surface area contributed by atoms with Crippen LogP contribution in [0.5, 0.6) is 0 Å². The summed E-state index contributed by atoms with van der Waals surface area (Å²) in [7, 11) is 0. The molecule has 0 bridgehead atoms. The minimum atomic E-state index is -1.26. The van der Waals surface area contributed by atoms with Crippen molar-refractivity contribution in [2.75, 3.05) is 5.88 Å². The van der Waals surface area contributed by atoms with Crippen molar-refractivity contribution in [2.24, 2.45) is 11.8 Å². The molecule has 2 aliphatic rings. The molecule has 2 fully saturated rings. The van der Waals surface area contributed by atoms with E-state index in [-0.39, 0.29) is 29.1 Å². The minimum absolute atomic E-state index is 0.0143. The van der Waals surface area contributed by atoms with E-state index in [1.165, 1.54) is 36.4 Å². The number of nitrogens with zero attached hydrogens (tertiary/aromatic N) is 3. The van der Waals surface area contributed by atoms with Gasteiger partial charge in [0.05, 0.1) is 16.8 Å². The molecule has 0 N–H and O–H groups in total. The summed E-state index contributed by atoms with van der Waals surface area (Å²) in [5.41, 5.74) is -0.0147. The van der Waals surface area contributed by atoms with Crippen LogP contribution in [0.25, 0.3) is 0 Å². The van der Waals surface area contributed by atoms with E-state index in [1.54, 1.807) is 0 Å². The molecule has 0 unspecified atom stereocenters. The lowest BCUT2D eigenvalue weighted by molar-refractivity contribution is -0.384. The van der Waals surface area contributed by atoms with Crippen LogP contribution in [-0.2, 0) is 9.59 Å². The van der Waals surface area contributed by atoms with Crippen LogP contribution in [0.3, 0.4) is 0 Å². The van der Waals surface area contributed by atoms with Crippen LogP contribution >= 0.6 is 23.2 Å². The van der Waals surface area contributed by atoms with Crippen molar-refractivity contribution in [3.8, 4) is 0 Å². The van der Waals surface area contributed by atoms with Gasteiger partial charge in [-0.15, -0.1) is 11.6 Å². The fourth-order valence-electron chi connectivity index (χ4n) is 4.86. The molecule has 3 amide bonds. The lowest BCUT2D eigenvalue weighted by Gasteiger charge is -2.36. The predicted molar refractivity (Wildman–Crippen MR) is 131 cm³/mol. The second-order valence-electron chi connectivity index (χ2n) is 8.80. The summed E-state index contributed by atoms with van der Waals surface area (Å²) in [5.74, 6) is -3.51. The Hall–Kier alpha value is -3.30. The molecule has 1 saturated carbocycles. The summed E-state index contributed by atoms with van der Waals surface area (Å²) in [5, 5.41) is 13.2. The van der Waals surface area contributed by atoms with Crippen molar-refractivity contribution in [2.45, 2.75) is 38.1 Å². The highest BCUT2D eigenvalue weighted by atomic mass is 35.5. The van der Waals surface area contributed by atoms with Crippen LogP contribution in [-0.4, -0.2) is 50.4 Å². The van der Waals surface area contributed by atoms with E-state index in [4.69, 9.17) is 23.2 Å². The van der Waals surface area contributed by atoms with E-state index in [9.17, 15) is 29.3 Å². The Kier molecular flexibility index (Phi) is 7.70. The number of nitro groups is 1. The molecule has 36 heavy (non-hydrogen) atoms. The third kappa shape index (κ3) is 4.85. The number of benzene rings is 2. The number of hydrazine groups is 1. The topological polar surface area (TPSA) is 118 Å². The summed E-state index contributed by atoms with van der Waals surface area (Å²) in [6.07, 6.45) is 2.60. The van der Waals surface area contributed by atoms with Crippen molar-refractivity contribution in [3.63, 3.8) is 0 Å². The number of alkyl halides is 1. The van der Waals surface area contributed by atoms with E-state index in [0.717, 1.165) is 35.0 Å². The van der Waals surface area contributed by atoms with Gasteiger partial charge in [0.2, 0.25) is 0 Å². The summed E-state index contributed by atoms with van der Waals surface area (Å²) in [6, 6.07) is 9.53. The fourth-order valence-corrected chi connectivity index (χ4v) is 5.19. The predicted octanol–water partition coefficient (Wildman–Crippen LogP) is 4.66. The molecule has 188 valence electrons. The molecule has 9 nitrogen and oxygen atoms in total. The standard InChI is InChI=1S/C25H23Cl2N3O6/c26-14-13-21(22(31)15-5-9-17(27)10-6-15)28(23(32)16-7-11-18(12-8-16)30(35)36)29-24(33)19-3-1-2-4-20(19)25(29)34/h5-12,19-21H,1-4,13-14H2/t19-,20-,21-/m0/s1. The molecule has 1 saturated heterocycles. The van der Waals surface area contributed by atoms with Gasteiger partial charge in [-0.3, -0.25) is 29.3 Å². The number of amides is 3. The maximum atomic E-state index is 13.8. The Bertz CT molecular complexity index is 1180. The van der Waals surface area contributed by atoms with Gasteiger partial charge >= 0.3 is 0 Å². The Balaban J connectivity index is 1.79. The Morgan fingerprint density at radius 3 is 2.00 bits per heavy atom. The second kappa shape index (κ2) is 10.8. The SMILES string of the molecule is O=C(c1ccc(Cl)cc1)[C@H](CCCl)N(C(=O)c1ccc([N+](=O)[O-])cc1)N1C(=O)[C@H]2CCCC[C@@H]2C1=O. The molecule has 1 heterocycles. The van der Waals surface area contributed by atoms with Gasteiger partial charge in [0.15, 0.2) is 5.78 Å². The molecule has 0 spiro atoms. The third-order valence-corrected chi connectivity index (χ3v) is 7.15. The second-order valence-corrected chi connectivity index (χ2v) is 9.62. The zero-order valence-corrected chi connectivity index (χ0v) is 20.7. The molecule has 1 aliphatic heterocycles. The fraction of sp³-hybridized carbons (Fsp3) is 0.360. The lowest BCUT2D eigenvalue weighted by atomic mass is 9.81. The average Bonchev–Trinajstić information content (AvgIpc) is 3.13. The van der Waals surface area contributed by atoms with Crippen LogP contribution in [0.1, 0.15) is 52.8 Å². The van der Waals surface area contributed by atoms with Crippen molar-refractivity contribution in [1.82, 2.24) is 10.0 Å². The average molecular weight is 532 g/mol. The maximum Gasteiger partial charge on any atom is 0.273 e. The number of ketones is 1. The highest BCUT2D eigenvalue weighted by Crippen LogP contribution is 2.40. The zero-order chi connectivity index (χ0) is 26.0. The highest BCUT2D eigenvalue weighted by Gasteiger charge is 2.53. The quantitative estimate of drug-likeness (QED) is 0.160. The lowest BCUT2D eigenvalue weighted by Crippen LogP contribution is -2.57. The van der Waals surface area contributed by atoms with E-state index in [0.29, 0.717) is 17.9 Å². The minimum Gasteiger partial charge on any atom is -0.292 e. The zero-order valence-electron chi connectivity index (χ0n) is 19.1. The number of imide groups is 1. The van der Waals surface area contributed by atoms with Crippen LogP contribution in [0.15, 0.2) is 48.5 Å². The number of hydrogen-bond donors (Lipinski definition) is 0. The Labute approximate surface area is 217 Å². The van der Waals surface area contributed by atoms with Crippen molar-refractivity contribution >= 4 is 52.4 Å². The van der Waals surface area contributed by atoms with Crippen LogP contribution in [0, 0.1) is 22.0 Å². The first-order valence-corrected chi connectivity index (χ1v) is 12.5. The largest absolute Gasteiger partial charge is 0.292 e. The van der Waals surface area contributed by atoms with E-state index in [2.05, 4.69) is 0 Å². The van der Waals surface area contributed by atoms with Crippen molar-refractivity contribution < 1.29 is 24.1 Å². The Morgan fingerprint density at radius 2 is 1.50 bits per heavy atom. The number of carbonyl (C=O) groups excluding carboxylic acids is 4. The first kappa shape index (κ1) is 25.8. The number of Topliss-reactive ketones (excluding diaryl/α,β-unsaturated/α-hetero) is 1. The number of non-ortho nitro benzene ring substituents is 1. The van der Waals surface area contributed by atoms with Gasteiger partial charge in [0, 0.05) is 34.2 Å². The van der Waals surface area contributed by atoms with Gasteiger partial charge < -0.3 is 0 Å². The molecular formula is C25H23Cl2N3O6. The van der Waals surface area contributed by atoms with Gasteiger partial charge in [-0.25, -0.2) is 5.01 Å². The summed E-state index contributed by atoms with van der Waals surface area (Å²) in [6.45, 7) is 0. The normalized spacial score (nSPS) is 20.1. The number of halogens is 2. The molecule has 11 heteroatoms.